The second kappa shape index (κ2) is 7.51. The molecule has 2 aromatic carbocycles. The number of aromatic nitrogens is 1. The second-order valence-corrected chi connectivity index (χ2v) is 5.42. The first kappa shape index (κ1) is 15.9. The lowest BCUT2D eigenvalue weighted by atomic mass is 10.1. The van der Waals surface area contributed by atoms with Gasteiger partial charge in [0, 0.05) is 18.0 Å². The molecule has 24 heavy (non-hydrogen) atoms. The number of carbonyl (C=O) groups excluding carboxylic acids is 1. The van der Waals surface area contributed by atoms with Crippen LogP contribution in [0.3, 0.4) is 0 Å². The largest absolute Gasteiger partial charge is 0.324 e. The predicted molar refractivity (Wildman–Crippen MR) is 95.0 cm³/mol. The van der Waals surface area contributed by atoms with Gasteiger partial charge in [0.2, 0.25) is 5.91 Å². The van der Waals surface area contributed by atoms with Crippen molar-refractivity contribution in [2.45, 2.75) is 12.8 Å². The Hall–Kier alpha value is -3.01. The van der Waals surface area contributed by atoms with Crippen molar-refractivity contribution in [3.05, 3.63) is 78.3 Å². The summed E-state index contributed by atoms with van der Waals surface area (Å²) in [6, 6.07) is 15.9. The van der Waals surface area contributed by atoms with Gasteiger partial charge in [-0.25, -0.2) is 4.39 Å². The summed E-state index contributed by atoms with van der Waals surface area (Å²) in [6.45, 7) is 0. The van der Waals surface area contributed by atoms with Gasteiger partial charge >= 0.3 is 0 Å². The highest BCUT2D eigenvalue weighted by atomic mass is 19.1. The molecule has 0 aliphatic heterocycles. The molecular formula is C20H17FN2O. The van der Waals surface area contributed by atoms with Crippen molar-refractivity contribution in [2.24, 2.45) is 0 Å². The summed E-state index contributed by atoms with van der Waals surface area (Å²) in [5.74, 6) is -0.338. The first-order valence-electron chi connectivity index (χ1n) is 7.78. The van der Waals surface area contributed by atoms with E-state index in [4.69, 9.17) is 0 Å². The number of anilines is 1. The van der Waals surface area contributed by atoms with Crippen LogP contribution in [0.4, 0.5) is 10.1 Å². The minimum absolute atomic E-state index is 0.0722. The SMILES string of the molecule is O=C(CC/C=C\c1cccc(F)c1)Nc1cccc2cccnc12. The molecule has 0 atom stereocenters. The Kier molecular flexibility index (Phi) is 4.96. The van der Waals surface area contributed by atoms with E-state index in [1.165, 1.54) is 12.1 Å². The lowest BCUT2D eigenvalue weighted by Gasteiger charge is -2.07. The molecule has 3 aromatic rings. The Bertz CT molecular complexity index is 884. The molecule has 1 aromatic heterocycles. The predicted octanol–water partition coefficient (Wildman–Crippen LogP) is 4.81. The number of nitrogens with zero attached hydrogens (tertiary/aromatic N) is 1. The number of rotatable bonds is 5. The smallest absolute Gasteiger partial charge is 0.224 e. The fourth-order valence-electron chi connectivity index (χ4n) is 2.46. The van der Waals surface area contributed by atoms with Crippen LogP contribution >= 0.6 is 0 Å². The zero-order chi connectivity index (χ0) is 16.8. The fraction of sp³-hybridized carbons (Fsp3) is 0.100. The summed E-state index contributed by atoms with van der Waals surface area (Å²) in [6.07, 6.45) is 6.33. The van der Waals surface area contributed by atoms with E-state index in [1.807, 2.05) is 48.6 Å². The number of benzene rings is 2. The number of allylic oxidation sites excluding steroid dienone is 1. The molecule has 0 radical (unpaired) electrons. The Morgan fingerprint density at radius 2 is 1.96 bits per heavy atom. The second-order valence-electron chi connectivity index (χ2n) is 5.42. The molecule has 1 heterocycles. The number of amides is 1. The topological polar surface area (TPSA) is 42.0 Å². The van der Waals surface area contributed by atoms with Crippen molar-refractivity contribution in [2.75, 3.05) is 5.32 Å². The molecule has 0 unspecified atom stereocenters. The van der Waals surface area contributed by atoms with Gasteiger partial charge in [0.1, 0.15) is 5.82 Å². The minimum atomic E-state index is -0.265. The van der Waals surface area contributed by atoms with E-state index in [0.29, 0.717) is 18.5 Å². The third-order valence-corrected chi connectivity index (χ3v) is 3.60. The molecule has 0 aliphatic rings. The highest BCUT2D eigenvalue weighted by Crippen LogP contribution is 2.20. The highest BCUT2D eigenvalue weighted by Gasteiger charge is 2.05. The lowest BCUT2D eigenvalue weighted by molar-refractivity contribution is -0.116. The summed E-state index contributed by atoms with van der Waals surface area (Å²) < 4.78 is 13.1. The Morgan fingerprint density at radius 1 is 1.12 bits per heavy atom. The van der Waals surface area contributed by atoms with E-state index in [9.17, 15) is 9.18 Å². The first-order chi connectivity index (χ1) is 11.7. The van der Waals surface area contributed by atoms with Crippen molar-refractivity contribution in [3.63, 3.8) is 0 Å². The Balaban J connectivity index is 1.57. The molecular weight excluding hydrogens is 303 g/mol. The van der Waals surface area contributed by atoms with Gasteiger partial charge in [0.05, 0.1) is 11.2 Å². The average Bonchev–Trinajstić information content (AvgIpc) is 2.59. The van der Waals surface area contributed by atoms with Crippen LogP contribution in [-0.2, 0) is 4.79 Å². The average molecular weight is 320 g/mol. The van der Waals surface area contributed by atoms with Crippen LogP contribution in [0.2, 0.25) is 0 Å². The summed E-state index contributed by atoms with van der Waals surface area (Å²) in [4.78, 5) is 16.4. The number of carbonyl (C=O) groups is 1. The molecule has 4 heteroatoms. The highest BCUT2D eigenvalue weighted by molar-refractivity contribution is 6.00. The molecule has 1 N–H and O–H groups in total. The third kappa shape index (κ3) is 4.04. The van der Waals surface area contributed by atoms with Crippen LogP contribution in [0.15, 0.2) is 66.9 Å². The molecule has 0 saturated carbocycles. The fourth-order valence-corrected chi connectivity index (χ4v) is 2.46. The van der Waals surface area contributed by atoms with E-state index in [0.717, 1.165) is 16.5 Å². The van der Waals surface area contributed by atoms with E-state index >= 15 is 0 Å². The monoisotopic (exact) mass is 320 g/mol. The quantitative estimate of drug-likeness (QED) is 0.733. The summed E-state index contributed by atoms with van der Waals surface area (Å²) in [5.41, 5.74) is 2.28. The van der Waals surface area contributed by atoms with Crippen LogP contribution in [0.25, 0.3) is 17.0 Å². The minimum Gasteiger partial charge on any atom is -0.324 e. The van der Waals surface area contributed by atoms with Crippen molar-refractivity contribution < 1.29 is 9.18 Å². The number of para-hydroxylation sites is 1. The zero-order valence-corrected chi connectivity index (χ0v) is 13.1. The van der Waals surface area contributed by atoms with Crippen molar-refractivity contribution in [1.29, 1.82) is 0 Å². The van der Waals surface area contributed by atoms with Crippen LogP contribution < -0.4 is 5.32 Å². The third-order valence-electron chi connectivity index (χ3n) is 3.60. The maximum absolute atomic E-state index is 13.1. The maximum Gasteiger partial charge on any atom is 0.224 e. The molecule has 0 fully saturated rings. The van der Waals surface area contributed by atoms with Crippen LogP contribution in [-0.4, -0.2) is 10.9 Å². The lowest BCUT2D eigenvalue weighted by Crippen LogP contribution is -2.11. The Morgan fingerprint density at radius 3 is 2.83 bits per heavy atom. The van der Waals surface area contributed by atoms with Crippen LogP contribution in [0.1, 0.15) is 18.4 Å². The van der Waals surface area contributed by atoms with Gasteiger partial charge in [-0.2, -0.15) is 0 Å². The number of fused-ring (bicyclic) bond motifs is 1. The summed E-state index contributed by atoms with van der Waals surface area (Å²) in [5, 5.41) is 3.88. The summed E-state index contributed by atoms with van der Waals surface area (Å²) in [7, 11) is 0. The van der Waals surface area contributed by atoms with E-state index < -0.39 is 0 Å². The number of hydrogen-bond donors (Lipinski definition) is 1. The van der Waals surface area contributed by atoms with E-state index in [-0.39, 0.29) is 11.7 Å². The molecule has 120 valence electrons. The van der Waals surface area contributed by atoms with E-state index in [1.54, 1.807) is 12.3 Å². The van der Waals surface area contributed by atoms with Gasteiger partial charge in [-0.05, 0) is 36.2 Å². The molecule has 0 aliphatic carbocycles. The van der Waals surface area contributed by atoms with Gasteiger partial charge in [-0.3, -0.25) is 9.78 Å². The summed E-state index contributed by atoms with van der Waals surface area (Å²) >= 11 is 0. The van der Waals surface area contributed by atoms with Gasteiger partial charge in [-0.1, -0.05) is 42.5 Å². The maximum atomic E-state index is 13.1. The number of halogens is 1. The normalized spacial score (nSPS) is 11.0. The van der Waals surface area contributed by atoms with Crippen LogP contribution in [0.5, 0.6) is 0 Å². The van der Waals surface area contributed by atoms with Crippen LogP contribution in [0, 0.1) is 5.82 Å². The van der Waals surface area contributed by atoms with Gasteiger partial charge < -0.3 is 5.32 Å². The number of pyridine rings is 1. The molecule has 0 bridgehead atoms. The number of nitrogens with one attached hydrogen (secondary N) is 1. The van der Waals surface area contributed by atoms with Gasteiger partial charge in [-0.15, -0.1) is 0 Å². The number of hydrogen-bond acceptors (Lipinski definition) is 2. The van der Waals surface area contributed by atoms with Gasteiger partial charge in [0.25, 0.3) is 0 Å². The van der Waals surface area contributed by atoms with Gasteiger partial charge in [0.15, 0.2) is 0 Å². The molecule has 0 spiro atoms. The van der Waals surface area contributed by atoms with Crippen molar-refractivity contribution in [1.82, 2.24) is 4.98 Å². The zero-order valence-electron chi connectivity index (χ0n) is 13.1. The standard InChI is InChI=1S/C20H17FN2O/c21-17-10-3-7-15(14-17)6-1-2-12-19(24)23-18-11-4-8-16-9-5-13-22-20(16)18/h1,3-11,13-14H,2,12H2,(H,23,24)/b6-1-. The first-order valence-corrected chi connectivity index (χ1v) is 7.78. The Labute approximate surface area is 139 Å². The molecule has 1 amide bonds. The molecule has 3 nitrogen and oxygen atoms in total. The van der Waals surface area contributed by atoms with E-state index in [2.05, 4.69) is 10.3 Å². The molecule has 0 saturated heterocycles. The van der Waals surface area contributed by atoms with Crippen molar-refractivity contribution in [3.8, 4) is 0 Å². The van der Waals surface area contributed by atoms with Crippen molar-refractivity contribution >= 4 is 28.6 Å². The molecule has 3 rings (SSSR count).